The molecular formula is C22H20ClFN2O3S. The van der Waals surface area contributed by atoms with Crippen molar-refractivity contribution in [2.24, 2.45) is 0 Å². The molecule has 3 rings (SSSR count). The quantitative estimate of drug-likeness (QED) is 0.583. The lowest BCUT2D eigenvalue weighted by molar-refractivity contribution is -0.114. The highest BCUT2D eigenvalue weighted by molar-refractivity contribution is 7.92. The minimum absolute atomic E-state index is 0.00430. The SMILES string of the molecule is Cc1cc(C)cc(NC(=O)CN(c2ccc(F)c(Cl)c2)S(=O)(=O)c2ccccc2)c1. The number of aryl methyl sites for hydroxylation is 2. The third-order valence-electron chi connectivity index (χ3n) is 4.32. The zero-order valence-corrected chi connectivity index (χ0v) is 18.0. The van der Waals surface area contributed by atoms with E-state index in [1.807, 2.05) is 19.9 Å². The standard InChI is InChI=1S/C22H20ClFN2O3S/c1-15-10-16(2)12-17(11-15)25-22(27)14-26(18-8-9-21(24)20(23)13-18)30(28,29)19-6-4-3-5-7-19/h3-13H,14H2,1-2H3,(H,25,27). The average molecular weight is 447 g/mol. The van der Waals surface area contributed by atoms with Gasteiger partial charge in [-0.15, -0.1) is 0 Å². The van der Waals surface area contributed by atoms with Crippen LogP contribution in [0.5, 0.6) is 0 Å². The zero-order chi connectivity index (χ0) is 21.9. The number of hydrogen-bond donors (Lipinski definition) is 1. The molecular weight excluding hydrogens is 427 g/mol. The number of benzene rings is 3. The van der Waals surface area contributed by atoms with Gasteiger partial charge >= 0.3 is 0 Å². The Morgan fingerprint density at radius 3 is 2.23 bits per heavy atom. The van der Waals surface area contributed by atoms with Crippen molar-refractivity contribution in [1.82, 2.24) is 0 Å². The van der Waals surface area contributed by atoms with Crippen LogP contribution < -0.4 is 9.62 Å². The molecule has 1 N–H and O–H groups in total. The van der Waals surface area contributed by atoms with Crippen molar-refractivity contribution in [2.75, 3.05) is 16.2 Å². The van der Waals surface area contributed by atoms with Gasteiger partial charge in [-0.25, -0.2) is 12.8 Å². The van der Waals surface area contributed by atoms with E-state index in [4.69, 9.17) is 11.6 Å². The Morgan fingerprint density at radius 1 is 1.00 bits per heavy atom. The van der Waals surface area contributed by atoms with E-state index in [-0.39, 0.29) is 15.6 Å². The number of anilines is 2. The lowest BCUT2D eigenvalue weighted by atomic mass is 10.1. The molecule has 0 bridgehead atoms. The number of nitrogens with zero attached hydrogens (tertiary/aromatic N) is 1. The summed E-state index contributed by atoms with van der Waals surface area (Å²) in [5, 5.41) is 2.48. The molecule has 0 fully saturated rings. The summed E-state index contributed by atoms with van der Waals surface area (Å²) in [6, 6.07) is 16.8. The number of rotatable bonds is 6. The highest BCUT2D eigenvalue weighted by atomic mass is 35.5. The second-order valence-corrected chi connectivity index (χ2v) is 9.12. The predicted molar refractivity (Wildman–Crippen MR) is 117 cm³/mol. The second-order valence-electron chi connectivity index (χ2n) is 6.85. The van der Waals surface area contributed by atoms with Crippen LogP contribution in [-0.4, -0.2) is 20.9 Å². The summed E-state index contributed by atoms with van der Waals surface area (Å²) in [6.07, 6.45) is 0. The van der Waals surface area contributed by atoms with Crippen LogP contribution >= 0.6 is 11.6 Å². The maximum Gasteiger partial charge on any atom is 0.264 e. The Bertz CT molecular complexity index is 1160. The average Bonchev–Trinajstić information content (AvgIpc) is 2.68. The van der Waals surface area contributed by atoms with Crippen molar-refractivity contribution in [3.63, 3.8) is 0 Å². The fraction of sp³-hybridized carbons (Fsp3) is 0.136. The smallest absolute Gasteiger partial charge is 0.264 e. The molecule has 3 aromatic carbocycles. The third-order valence-corrected chi connectivity index (χ3v) is 6.39. The molecule has 30 heavy (non-hydrogen) atoms. The van der Waals surface area contributed by atoms with Gasteiger partial charge in [0.1, 0.15) is 12.4 Å². The van der Waals surface area contributed by atoms with Gasteiger partial charge in [0.25, 0.3) is 10.0 Å². The van der Waals surface area contributed by atoms with Crippen molar-refractivity contribution in [3.8, 4) is 0 Å². The van der Waals surface area contributed by atoms with Crippen LogP contribution in [0, 0.1) is 19.7 Å². The lowest BCUT2D eigenvalue weighted by Crippen LogP contribution is -2.38. The lowest BCUT2D eigenvalue weighted by Gasteiger charge is -2.24. The minimum atomic E-state index is -4.10. The van der Waals surface area contributed by atoms with Gasteiger partial charge in [-0.2, -0.15) is 0 Å². The largest absolute Gasteiger partial charge is 0.324 e. The van der Waals surface area contributed by atoms with Gasteiger partial charge in [0.15, 0.2) is 0 Å². The first-order chi connectivity index (χ1) is 14.2. The van der Waals surface area contributed by atoms with Crippen LogP contribution in [0.15, 0.2) is 71.6 Å². The number of carbonyl (C=O) groups is 1. The van der Waals surface area contributed by atoms with E-state index in [2.05, 4.69) is 5.32 Å². The van der Waals surface area contributed by atoms with Gasteiger partial charge in [0.05, 0.1) is 15.6 Å². The minimum Gasteiger partial charge on any atom is -0.324 e. The van der Waals surface area contributed by atoms with Gasteiger partial charge < -0.3 is 5.32 Å². The maximum atomic E-state index is 13.6. The van der Waals surface area contributed by atoms with E-state index in [1.165, 1.54) is 24.3 Å². The van der Waals surface area contributed by atoms with Crippen LogP contribution in [-0.2, 0) is 14.8 Å². The topological polar surface area (TPSA) is 66.5 Å². The summed E-state index contributed by atoms with van der Waals surface area (Å²) >= 11 is 5.86. The van der Waals surface area contributed by atoms with E-state index < -0.39 is 28.3 Å². The number of nitrogens with one attached hydrogen (secondary N) is 1. The van der Waals surface area contributed by atoms with Crippen molar-refractivity contribution in [1.29, 1.82) is 0 Å². The van der Waals surface area contributed by atoms with Crippen LogP contribution in [0.3, 0.4) is 0 Å². The van der Waals surface area contributed by atoms with Crippen LogP contribution in [0.4, 0.5) is 15.8 Å². The van der Waals surface area contributed by atoms with Crippen molar-refractivity contribution in [3.05, 3.63) is 88.7 Å². The molecule has 0 aliphatic carbocycles. The van der Waals surface area contributed by atoms with Crippen molar-refractivity contribution >= 4 is 38.9 Å². The monoisotopic (exact) mass is 446 g/mol. The Labute approximate surface area is 180 Å². The number of amides is 1. The Hall–Kier alpha value is -2.90. The molecule has 0 saturated carbocycles. The highest BCUT2D eigenvalue weighted by Gasteiger charge is 2.27. The molecule has 0 radical (unpaired) electrons. The van der Waals surface area contributed by atoms with Crippen LogP contribution in [0.2, 0.25) is 5.02 Å². The first-order valence-electron chi connectivity index (χ1n) is 9.08. The summed E-state index contributed by atoms with van der Waals surface area (Å²) < 4.78 is 41.0. The second kappa shape index (κ2) is 8.85. The number of sulfonamides is 1. The molecule has 0 atom stereocenters. The molecule has 0 aliphatic heterocycles. The summed E-state index contributed by atoms with van der Waals surface area (Å²) in [5.74, 6) is -1.22. The fourth-order valence-corrected chi connectivity index (χ4v) is 4.66. The van der Waals surface area contributed by atoms with E-state index in [1.54, 1.807) is 30.3 Å². The first kappa shape index (κ1) is 21.8. The zero-order valence-electron chi connectivity index (χ0n) is 16.4. The maximum absolute atomic E-state index is 13.6. The molecule has 0 unspecified atom stereocenters. The third kappa shape index (κ3) is 4.98. The van der Waals surface area contributed by atoms with Crippen molar-refractivity contribution < 1.29 is 17.6 Å². The first-order valence-corrected chi connectivity index (χ1v) is 10.9. The highest BCUT2D eigenvalue weighted by Crippen LogP contribution is 2.28. The summed E-state index contributed by atoms with van der Waals surface area (Å²) in [6.45, 7) is 3.29. The summed E-state index contributed by atoms with van der Waals surface area (Å²) in [5.41, 5.74) is 2.57. The van der Waals surface area contributed by atoms with Gasteiger partial charge in [-0.3, -0.25) is 9.10 Å². The molecule has 0 spiro atoms. The van der Waals surface area contributed by atoms with Crippen molar-refractivity contribution in [2.45, 2.75) is 18.7 Å². The van der Waals surface area contributed by atoms with E-state index in [9.17, 15) is 17.6 Å². The molecule has 0 heterocycles. The molecule has 5 nitrogen and oxygen atoms in total. The predicted octanol–water partition coefficient (Wildman–Crippen LogP) is 4.93. The van der Waals surface area contributed by atoms with Gasteiger partial charge in [0, 0.05) is 5.69 Å². The molecule has 0 saturated heterocycles. The Morgan fingerprint density at radius 2 is 1.63 bits per heavy atom. The number of hydrogen-bond acceptors (Lipinski definition) is 3. The Balaban J connectivity index is 1.97. The van der Waals surface area contributed by atoms with Gasteiger partial charge in [-0.05, 0) is 67.4 Å². The normalized spacial score (nSPS) is 11.2. The van der Waals surface area contributed by atoms with Crippen LogP contribution in [0.1, 0.15) is 11.1 Å². The fourth-order valence-electron chi connectivity index (χ4n) is 3.05. The number of halogens is 2. The molecule has 0 aromatic heterocycles. The molecule has 0 aliphatic rings. The van der Waals surface area contributed by atoms with Gasteiger partial charge in [0.2, 0.25) is 5.91 Å². The summed E-state index contributed by atoms with van der Waals surface area (Å²) in [4.78, 5) is 12.7. The molecule has 156 valence electrons. The van der Waals surface area contributed by atoms with E-state index >= 15 is 0 Å². The molecule has 1 amide bonds. The Kier molecular flexibility index (Phi) is 6.43. The van der Waals surface area contributed by atoms with Gasteiger partial charge in [-0.1, -0.05) is 35.9 Å². The van der Waals surface area contributed by atoms with E-state index in [0.717, 1.165) is 21.5 Å². The number of carbonyl (C=O) groups excluding carboxylic acids is 1. The molecule has 3 aromatic rings. The summed E-state index contributed by atoms with van der Waals surface area (Å²) in [7, 11) is -4.10. The van der Waals surface area contributed by atoms with E-state index in [0.29, 0.717) is 5.69 Å². The molecule has 8 heteroatoms. The van der Waals surface area contributed by atoms with Crippen LogP contribution in [0.25, 0.3) is 0 Å².